The number of hydrogen-bond acceptors (Lipinski definition) is 5. The van der Waals surface area contributed by atoms with E-state index in [4.69, 9.17) is 5.84 Å². The molecule has 0 unspecified atom stereocenters. The number of anilines is 1. The molecule has 1 aromatic heterocycles. The first-order valence-corrected chi connectivity index (χ1v) is 3.40. The normalized spacial score (nSPS) is 10.2. The van der Waals surface area contributed by atoms with Crippen molar-refractivity contribution in [2.45, 2.75) is 19.8 Å². The average Bonchev–Trinajstić information content (AvgIpc) is 2.05. The topological polar surface area (TPSA) is 76.7 Å². The van der Waals surface area contributed by atoms with Crippen LogP contribution in [0.1, 0.15) is 25.5 Å². The van der Waals surface area contributed by atoms with Crippen LogP contribution in [0.25, 0.3) is 0 Å². The van der Waals surface area contributed by atoms with Crippen molar-refractivity contribution in [2.24, 2.45) is 5.84 Å². The summed E-state index contributed by atoms with van der Waals surface area (Å²) in [6.45, 7) is 4.06. The number of nitrogens with one attached hydrogen (secondary N) is 1. The second-order valence-electron chi connectivity index (χ2n) is 2.50. The van der Waals surface area contributed by atoms with Crippen LogP contribution in [0.4, 0.5) is 5.95 Å². The van der Waals surface area contributed by atoms with Gasteiger partial charge in [-0.2, -0.15) is 5.10 Å². The van der Waals surface area contributed by atoms with E-state index in [9.17, 15) is 0 Å². The van der Waals surface area contributed by atoms with Gasteiger partial charge in [0, 0.05) is 0 Å². The number of hydrogen-bond donors (Lipinski definition) is 2. The summed E-state index contributed by atoms with van der Waals surface area (Å²) in [4.78, 5) is 4.08. The van der Waals surface area contributed by atoms with Crippen molar-refractivity contribution in [3.63, 3.8) is 0 Å². The van der Waals surface area contributed by atoms with Crippen molar-refractivity contribution >= 4 is 5.95 Å². The van der Waals surface area contributed by atoms with Crippen LogP contribution >= 0.6 is 0 Å². The summed E-state index contributed by atoms with van der Waals surface area (Å²) in [5, 5.41) is 7.36. The quantitative estimate of drug-likeness (QED) is 0.471. The van der Waals surface area contributed by atoms with Crippen molar-refractivity contribution in [1.29, 1.82) is 0 Å². The van der Waals surface area contributed by atoms with Crippen LogP contribution in [0.3, 0.4) is 0 Å². The highest BCUT2D eigenvalue weighted by molar-refractivity contribution is 5.20. The summed E-state index contributed by atoms with van der Waals surface area (Å²) >= 11 is 0. The molecule has 1 rings (SSSR count). The zero-order valence-electron chi connectivity index (χ0n) is 6.57. The Labute approximate surface area is 65.0 Å². The first-order valence-electron chi connectivity index (χ1n) is 3.40. The van der Waals surface area contributed by atoms with Crippen LogP contribution in [-0.2, 0) is 0 Å². The van der Waals surface area contributed by atoms with Gasteiger partial charge in [0.15, 0.2) is 0 Å². The van der Waals surface area contributed by atoms with E-state index in [1.165, 1.54) is 0 Å². The van der Waals surface area contributed by atoms with Gasteiger partial charge in [0.25, 0.3) is 5.95 Å². The SMILES string of the molecule is CC(C)c1cnnc(NN)n1. The summed E-state index contributed by atoms with van der Waals surface area (Å²) in [6.07, 6.45) is 1.63. The molecule has 11 heavy (non-hydrogen) atoms. The molecule has 0 amide bonds. The molecule has 0 saturated carbocycles. The largest absolute Gasteiger partial charge is 0.291 e. The maximum Gasteiger partial charge on any atom is 0.257 e. The standard InChI is InChI=1S/C6H11N5/c1-4(2)5-3-8-11-6(9-5)10-7/h3-4H,7H2,1-2H3,(H,9,10,11). The van der Waals surface area contributed by atoms with Crippen molar-refractivity contribution in [3.8, 4) is 0 Å². The fourth-order valence-electron chi connectivity index (χ4n) is 0.656. The molecule has 5 nitrogen and oxygen atoms in total. The van der Waals surface area contributed by atoms with Crippen molar-refractivity contribution in [3.05, 3.63) is 11.9 Å². The highest BCUT2D eigenvalue weighted by Crippen LogP contribution is 2.09. The Morgan fingerprint density at radius 2 is 2.27 bits per heavy atom. The highest BCUT2D eigenvalue weighted by atomic mass is 15.3. The van der Waals surface area contributed by atoms with Gasteiger partial charge in [-0.05, 0) is 5.92 Å². The van der Waals surface area contributed by atoms with E-state index in [1.54, 1.807) is 6.20 Å². The van der Waals surface area contributed by atoms with Gasteiger partial charge >= 0.3 is 0 Å². The van der Waals surface area contributed by atoms with E-state index in [0.29, 0.717) is 11.9 Å². The van der Waals surface area contributed by atoms with Crippen LogP contribution in [0.5, 0.6) is 0 Å². The molecule has 0 aliphatic carbocycles. The fourth-order valence-corrected chi connectivity index (χ4v) is 0.656. The molecule has 0 saturated heterocycles. The van der Waals surface area contributed by atoms with Crippen LogP contribution < -0.4 is 11.3 Å². The molecule has 3 N–H and O–H groups in total. The molecule has 0 bridgehead atoms. The first kappa shape index (κ1) is 7.87. The van der Waals surface area contributed by atoms with Gasteiger partial charge in [-0.25, -0.2) is 10.8 Å². The van der Waals surface area contributed by atoms with Gasteiger partial charge in [-0.1, -0.05) is 13.8 Å². The zero-order chi connectivity index (χ0) is 8.27. The average molecular weight is 153 g/mol. The maximum absolute atomic E-state index is 5.10. The molecule has 5 heteroatoms. The van der Waals surface area contributed by atoms with Gasteiger partial charge in [-0.15, -0.1) is 5.10 Å². The Bertz CT molecular complexity index is 234. The van der Waals surface area contributed by atoms with Gasteiger partial charge in [0.2, 0.25) is 0 Å². The number of nitrogen functional groups attached to an aromatic ring is 1. The Morgan fingerprint density at radius 1 is 1.55 bits per heavy atom. The van der Waals surface area contributed by atoms with Crippen LogP contribution in [-0.4, -0.2) is 15.2 Å². The fraction of sp³-hybridized carbons (Fsp3) is 0.500. The third kappa shape index (κ3) is 1.84. The van der Waals surface area contributed by atoms with E-state index in [1.807, 2.05) is 13.8 Å². The summed E-state index contributed by atoms with van der Waals surface area (Å²) in [5.74, 6) is 5.81. The summed E-state index contributed by atoms with van der Waals surface area (Å²) in [7, 11) is 0. The predicted molar refractivity (Wildman–Crippen MR) is 41.7 cm³/mol. The second kappa shape index (κ2) is 3.25. The summed E-state index contributed by atoms with van der Waals surface area (Å²) < 4.78 is 0. The minimum Gasteiger partial charge on any atom is -0.291 e. The molecule has 0 fully saturated rings. The summed E-state index contributed by atoms with van der Waals surface area (Å²) in [5.41, 5.74) is 3.22. The smallest absolute Gasteiger partial charge is 0.257 e. The molecule has 0 spiro atoms. The van der Waals surface area contributed by atoms with Crippen molar-refractivity contribution < 1.29 is 0 Å². The van der Waals surface area contributed by atoms with E-state index in [0.717, 1.165) is 5.69 Å². The van der Waals surface area contributed by atoms with Crippen molar-refractivity contribution in [2.75, 3.05) is 5.43 Å². The minimum absolute atomic E-state index is 0.345. The molecule has 60 valence electrons. The number of nitrogens with two attached hydrogens (primary N) is 1. The highest BCUT2D eigenvalue weighted by Gasteiger charge is 2.01. The molecule has 0 aliphatic rings. The number of hydrazine groups is 1. The van der Waals surface area contributed by atoms with E-state index < -0.39 is 0 Å². The van der Waals surface area contributed by atoms with Gasteiger partial charge < -0.3 is 0 Å². The Hall–Kier alpha value is -1.23. The Balaban J connectivity index is 2.91. The molecule has 0 radical (unpaired) electrons. The van der Waals surface area contributed by atoms with Crippen LogP contribution in [0, 0.1) is 0 Å². The number of rotatable bonds is 2. The Morgan fingerprint density at radius 3 is 2.82 bits per heavy atom. The van der Waals surface area contributed by atoms with Crippen LogP contribution in [0.15, 0.2) is 6.20 Å². The lowest BCUT2D eigenvalue weighted by Gasteiger charge is -2.03. The molecule has 1 heterocycles. The van der Waals surface area contributed by atoms with Crippen molar-refractivity contribution in [1.82, 2.24) is 15.2 Å². The number of nitrogens with zero attached hydrogens (tertiary/aromatic N) is 3. The number of aromatic nitrogens is 3. The zero-order valence-corrected chi connectivity index (χ0v) is 6.57. The molecule has 1 aromatic rings. The molecular weight excluding hydrogens is 142 g/mol. The van der Waals surface area contributed by atoms with E-state index in [2.05, 4.69) is 20.6 Å². The lowest BCUT2D eigenvalue weighted by atomic mass is 10.1. The third-order valence-electron chi connectivity index (χ3n) is 1.30. The molecule has 0 atom stereocenters. The molecule has 0 aromatic carbocycles. The Kier molecular flexibility index (Phi) is 2.32. The van der Waals surface area contributed by atoms with Gasteiger partial charge in [0.05, 0.1) is 11.9 Å². The van der Waals surface area contributed by atoms with Crippen LogP contribution in [0.2, 0.25) is 0 Å². The predicted octanol–water partition coefficient (Wildman–Crippen LogP) is 0.281. The minimum atomic E-state index is 0.345. The van der Waals surface area contributed by atoms with Gasteiger partial charge in [-0.3, -0.25) is 5.43 Å². The second-order valence-corrected chi connectivity index (χ2v) is 2.50. The van der Waals surface area contributed by atoms with Gasteiger partial charge in [0.1, 0.15) is 0 Å². The lowest BCUT2D eigenvalue weighted by Crippen LogP contribution is -2.12. The summed E-state index contributed by atoms with van der Waals surface area (Å²) in [6, 6.07) is 0. The maximum atomic E-state index is 5.10. The first-order chi connectivity index (χ1) is 5.24. The third-order valence-corrected chi connectivity index (χ3v) is 1.30. The van der Waals surface area contributed by atoms with E-state index in [-0.39, 0.29) is 0 Å². The lowest BCUT2D eigenvalue weighted by molar-refractivity contribution is 0.787. The monoisotopic (exact) mass is 153 g/mol. The molecule has 0 aliphatic heterocycles. The van der Waals surface area contributed by atoms with E-state index >= 15 is 0 Å². The molecular formula is C6H11N5.